The largest absolute Gasteiger partial charge is 0.350 e. The summed E-state index contributed by atoms with van der Waals surface area (Å²) in [6.07, 6.45) is 2.45. The monoisotopic (exact) mass is 198 g/mol. The van der Waals surface area contributed by atoms with Crippen LogP contribution in [0.2, 0.25) is 0 Å². The maximum absolute atomic E-state index is 2.51. The van der Waals surface area contributed by atoms with E-state index in [2.05, 4.69) is 42.3 Å². The fourth-order valence-corrected chi connectivity index (χ4v) is 2.13. The number of nitrogens with zero attached hydrogens (tertiary/aromatic N) is 3. The predicted octanol–water partition coefficient (Wildman–Crippen LogP) is 1.05. The molecule has 0 saturated heterocycles. The molecule has 0 atom stereocenters. The van der Waals surface area contributed by atoms with E-state index >= 15 is 0 Å². The van der Waals surface area contributed by atoms with Gasteiger partial charge in [0, 0.05) is 0 Å². The van der Waals surface area contributed by atoms with Gasteiger partial charge >= 0.3 is 5.96 Å². The first-order valence-corrected chi connectivity index (χ1v) is 5.74. The molecule has 3 heteroatoms. The highest BCUT2D eigenvalue weighted by atomic mass is 15.4. The van der Waals surface area contributed by atoms with Gasteiger partial charge in [-0.05, 0) is 12.8 Å². The molecule has 0 amide bonds. The molecule has 1 rings (SSSR count). The summed E-state index contributed by atoms with van der Waals surface area (Å²) in [7, 11) is 4.38. The number of hydrogen-bond acceptors (Lipinski definition) is 2. The molecule has 3 nitrogen and oxygen atoms in total. The van der Waals surface area contributed by atoms with Crippen molar-refractivity contribution in [1.29, 1.82) is 0 Å². The van der Waals surface area contributed by atoms with Crippen LogP contribution in [0.3, 0.4) is 0 Å². The van der Waals surface area contributed by atoms with Crippen molar-refractivity contribution in [3.63, 3.8) is 0 Å². The molecule has 0 radical (unpaired) electrons. The molecule has 1 heterocycles. The van der Waals surface area contributed by atoms with E-state index in [-0.39, 0.29) is 0 Å². The lowest BCUT2D eigenvalue weighted by Gasteiger charge is -2.21. The summed E-state index contributed by atoms with van der Waals surface area (Å²) in [5, 5.41) is 0. The van der Waals surface area contributed by atoms with E-state index in [4.69, 9.17) is 0 Å². The van der Waals surface area contributed by atoms with Crippen molar-refractivity contribution in [2.24, 2.45) is 0 Å². The first-order valence-electron chi connectivity index (χ1n) is 5.74. The van der Waals surface area contributed by atoms with Crippen LogP contribution in [0, 0.1) is 0 Å². The van der Waals surface area contributed by atoms with Gasteiger partial charge in [-0.25, -0.2) is 0 Å². The minimum atomic E-state index is 1.16. The standard InChI is InChI=1S/C11H24N3/c1-5-7-14(8-6-2)11-12(3)9-10-13(11)4/h5-10H2,1-4H3/q+1. The normalized spacial score (nSPS) is 16.7. The molecule has 0 saturated carbocycles. The minimum absolute atomic E-state index is 1.16. The molecule has 82 valence electrons. The SMILES string of the molecule is CCCN(CCC)C1=[N+](C)CCN1C. The Morgan fingerprint density at radius 2 is 1.86 bits per heavy atom. The van der Waals surface area contributed by atoms with E-state index in [1.54, 1.807) is 0 Å². The maximum Gasteiger partial charge on any atom is 0.350 e. The van der Waals surface area contributed by atoms with Crippen molar-refractivity contribution < 1.29 is 4.58 Å². The molecule has 0 fully saturated rings. The van der Waals surface area contributed by atoms with Gasteiger partial charge in [0.15, 0.2) is 0 Å². The Kier molecular flexibility index (Phi) is 4.23. The van der Waals surface area contributed by atoms with E-state index in [1.807, 2.05) is 0 Å². The zero-order chi connectivity index (χ0) is 10.6. The second kappa shape index (κ2) is 5.23. The quantitative estimate of drug-likeness (QED) is 0.625. The Bertz CT molecular complexity index is 205. The Hall–Kier alpha value is -0.730. The van der Waals surface area contributed by atoms with Crippen LogP contribution in [0.4, 0.5) is 0 Å². The van der Waals surface area contributed by atoms with Crippen LogP contribution >= 0.6 is 0 Å². The van der Waals surface area contributed by atoms with Gasteiger partial charge in [0.05, 0.1) is 40.3 Å². The molecule has 0 aromatic heterocycles. The molecular weight excluding hydrogens is 174 g/mol. The molecule has 1 aliphatic rings. The van der Waals surface area contributed by atoms with E-state index in [1.165, 1.54) is 31.9 Å². The van der Waals surface area contributed by atoms with Crippen molar-refractivity contribution in [3.8, 4) is 0 Å². The molecule has 0 unspecified atom stereocenters. The van der Waals surface area contributed by atoms with Crippen molar-refractivity contribution in [3.05, 3.63) is 0 Å². The molecular formula is C11H24N3+. The van der Waals surface area contributed by atoms with Gasteiger partial charge in [0.1, 0.15) is 0 Å². The van der Waals surface area contributed by atoms with Crippen LogP contribution < -0.4 is 0 Å². The summed E-state index contributed by atoms with van der Waals surface area (Å²) in [5.74, 6) is 1.41. The smallest absolute Gasteiger partial charge is 0.265 e. The fraction of sp³-hybridized carbons (Fsp3) is 0.909. The second-order valence-corrected chi connectivity index (χ2v) is 4.13. The molecule has 1 aliphatic heterocycles. The zero-order valence-corrected chi connectivity index (χ0v) is 10.1. The summed E-state index contributed by atoms with van der Waals surface area (Å²) in [4.78, 5) is 4.87. The van der Waals surface area contributed by atoms with Crippen molar-refractivity contribution in [2.75, 3.05) is 40.3 Å². The topological polar surface area (TPSA) is 9.49 Å². The number of guanidine groups is 1. The van der Waals surface area contributed by atoms with Crippen LogP contribution in [0.5, 0.6) is 0 Å². The average Bonchev–Trinajstić information content (AvgIpc) is 2.46. The Morgan fingerprint density at radius 3 is 2.21 bits per heavy atom. The molecule has 0 aliphatic carbocycles. The average molecular weight is 198 g/mol. The van der Waals surface area contributed by atoms with E-state index in [0.717, 1.165) is 13.1 Å². The summed E-state index contributed by atoms with van der Waals surface area (Å²) in [6, 6.07) is 0. The van der Waals surface area contributed by atoms with Crippen molar-refractivity contribution in [2.45, 2.75) is 26.7 Å². The lowest BCUT2D eigenvalue weighted by atomic mass is 10.3. The van der Waals surface area contributed by atoms with Crippen molar-refractivity contribution in [1.82, 2.24) is 9.80 Å². The molecule has 0 aromatic rings. The maximum atomic E-state index is 2.51. The van der Waals surface area contributed by atoms with Crippen LogP contribution in [0.25, 0.3) is 0 Å². The fourth-order valence-electron chi connectivity index (χ4n) is 2.13. The third-order valence-corrected chi connectivity index (χ3v) is 2.72. The third kappa shape index (κ3) is 2.40. The second-order valence-electron chi connectivity index (χ2n) is 4.13. The highest BCUT2D eigenvalue weighted by molar-refractivity contribution is 5.75. The Morgan fingerprint density at radius 1 is 1.29 bits per heavy atom. The lowest BCUT2D eigenvalue weighted by Crippen LogP contribution is -2.43. The van der Waals surface area contributed by atoms with Gasteiger partial charge in [-0.3, -0.25) is 14.4 Å². The highest BCUT2D eigenvalue weighted by Gasteiger charge is 2.29. The van der Waals surface area contributed by atoms with Crippen LogP contribution in [0.15, 0.2) is 0 Å². The van der Waals surface area contributed by atoms with Crippen LogP contribution in [-0.2, 0) is 0 Å². The van der Waals surface area contributed by atoms with Crippen molar-refractivity contribution >= 4 is 5.96 Å². The van der Waals surface area contributed by atoms with Gasteiger partial charge in [0.2, 0.25) is 0 Å². The summed E-state index contributed by atoms with van der Waals surface area (Å²) < 4.78 is 2.37. The Labute approximate surface area is 88.0 Å². The predicted molar refractivity (Wildman–Crippen MR) is 60.8 cm³/mol. The summed E-state index contributed by atoms with van der Waals surface area (Å²) in [6.45, 7) is 9.18. The molecule has 0 spiro atoms. The van der Waals surface area contributed by atoms with Gasteiger partial charge in [-0.2, -0.15) is 0 Å². The number of likely N-dealkylation sites (N-methyl/N-ethyl adjacent to an activating group) is 2. The van der Waals surface area contributed by atoms with Crippen LogP contribution in [-0.4, -0.2) is 60.6 Å². The molecule has 0 bridgehead atoms. The highest BCUT2D eigenvalue weighted by Crippen LogP contribution is 2.04. The van der Waals surface area contributed by atoms with E-state index in [9.17, 15) is 0 Å². The first-order chi connectivity index (χ1) is 6.70. The van der Waals surface area contributed by atoms with E-state index < -0.39 is 0 Å². The van der Waals surface area contributed by atoms with Gasteiger partial charge in [-0.15, -0.1) is 0 Å². The number of hydrogen-bond donors (Lipinski definition) is 0. The summed E-state index contributed by atoms with van der Waals surface area (Å²) in [5.41, 5.74) is 0. The Balaban J connectivity index is 2.70. The lowest BCUT2D eigenvalue weighted by molar-refractivity contribution is -0.491. The van der Waals surface area contributed by atoms with E-state index in [0.29, 0.717) is 0 Å². The number of rotatable bonds is 4. The zero-order valence-electron chi connectivity index (χ0n) is 10.1. The van der Waals surface area contributed by atoms with Crippen LogP contribution in [0.1, 0.15) is 26.7 Å². The molecule has 14 heavy (non-hydrogen) atoms. The van der Waals surface area contributed by atoms with Gasteiger partial charge in [-0.1, -0.05) is 13.8 Å². The first kappa shape index (κ1) is 11.3. The van der Waals surface area contributed by atoms with Gasteiger partial charge < -0.3 is 0 Å². The third-order valence-electron chi connectivity index (χ3n) is 2.72. The minimum Gasteiger partial charge on any atom is -0.265 e. The summed E-state index contributed by atoms with van der Waals surface area (Å²) >= 11 is 0. The van der Waals surface area contributed by atoms with Gasteiger partial charge in [0.25, 0.3) is 0 Å². The molecule has 0 aromatic carbocycles. The molecule has 0 N–H and O–H groups in total.